The van der Waals surface area contributed by atoms with Gasteiger partial charge in [-0.15, -0.1) is 0 Å². The predicted molar refractivity (Wildman–Crippen MR) is 129 cm³/mol. The topological polar surface area (TPSA) is 37.3 Å². The van der Waals surface area contributed by atoms with Gasteiger partial charge in [0.15, 0.2) is 0 Å². The van der Waals surface area contributed by atoms with Gasteiger partial charge in [-0.25, -0.2) is 8.78 Å². The maximum absolute atomic E-state index is 13.8. The lowest BCUT2D eigenvalue weighted by atomic mass is 9.99. The van der Waals surface area contributed by atoms with Crippen LogP contribution in [0.25, 0.3) is 17.2 Å². The molecule has 4 rings (SSSR count). The number of fused-ring (bicyclic) bond motifs is 1. The van der Waals surface area contributed by atoms with Crippen molar-refractivity contribution in [1.29, 1.82) is 0 Å². The largest absolute Gasteiger partial charge is 0.481 e. The second-order valence-corrected chi connectivity index (χ2v) is 8.50. The van der Waals surface area contributed by atoms with Gasteiger partial charge in [0, 0.05) is 0 Å². The number of carboxylic acids is 1. The van der Waals surface area contributed by atoms with Crippen LogP contribution in [0.15, 0.2) is 72.3 Å². The Labute approximate surface area is 192 Å². The summed E-state index contributed by atoms with van der Waals surface area (Å²) in [7, 11) is 0. The Morgan fingerprint density at radius 2 is 1.39 bits per heavy atom. The van der Waals surface area contributed by atoms with Crippen LogP contribution in [0.3, 0.4) is 0 Å². The highest BCUT2D eigenvalue weighted by molar-refractivity contribution is 6.07. The van der Waals surface area contributed by atoms with E-state index < -0.39 is 5.97 Å². The summed E-state index contributed by atoms with van der Waals surface area (Å²) in [6.07, 6.45) is 5.92. The molecule has 4 heteroatoms. The van der Waals surface area contributed by atoms with Crippen LogP contribution in [0.4, 0.5) is 8.78 Å². The minimum Gasteiger partial charge on any atom is -0.481 e. The molecule has 1 N–H and O–H groups in total. The van der Waals surface area contributed by atoms with Crippen molar-refractivity contribution in [3.8, 4) is 0 Å². The smallest absolute Gasteiger partial charge is 0.307 e. The fourth-order valence-corrected chi connectivity index (χ4v) is 4.39. The second-order valence-electron chi connectivity index (χ2n) is 8.50. The first-order valence-electron chi connectivity index (χ1n) is 11.2. The van der Waals surface area contributed by atoms with Crippen LogP contribution < -0.4 is 0 Å². The molecule has 0 saturated carbocycles. The predicted octanol–water partition coefficient (Wildman–Crippen LogP) is 7.33. The van der Waals surface area contributed by atoms with E-state index in [1.165, 1.54) is 29.8 Å². The maximum Gasteiger partial charge on any atom is 0.307 e. The van der Waals surface area contributed by atoms with Gasteiger partial charge < -0.3 is 5.11 Å². The summed E-state index contributed by atoms with van der Waals surface area (Å²) in [5.41, 5.74) is 7.45. The van der Waals surface area contributed by atoms with E-state index in [0.29, 0.717) is 11.1 Å². The summed E-state index contributed by atoms with van der Waals surface area (Å²) in [6.45, 7) is 1.90. The number of allylic oxidation sites excluding steroid dienone is 2. The third-order valence-electron chi connectivity index (χ3n) is 6.17. The average molecular weight is 445 g/mol. The van der Waals surface area contributed by atoms with Crippen LogP contribution in [-0.4, -0.2) is 11.1 Å². The third kappa shape index (κ3) is 5.46. The van der Waals surface area contributed by atoms with E-state index in [-0.39, 0.29) is 18.1 Å². The standard InChI is InChI=1S/C29H26F2O2/c1-19-26(25-15-14-24(31)17-28(25)27(19)18-29(32)33)16-22-8-6-20(7-9-22)4-2-3-5-21-10-12-23(30)13-11-21/h6-17H,2-5,18H2,1H3,(H,32,33)/b26-16-. The lowest BCUT2D eigenvalue weighted by Crippen LogP contribution is -1.97. The molecule has 0 fully saturated rings. The maximum atomic E-state index is 13.8. The zero-order chi connectivity index (χ0) is 23.4. The van der Waals surface area contributed by atoms with Gasteiger partial charge in [-0.05, 0) is 107 Å². The molecule has 0 amide bonds. The number of aryl methyl sites for hydroxylation is 2. The molecule has 0 heterocycles. The Morgan fingerprint density at radius 1 is 0.818 bits per heavy atom. The van der Waals surface area contributed by atoms with Gasteiger partial charge in [0.25, 0.3) is 0 Å². The van der Waals surface area contributed by atoms with Crippen LogP contribution in [0.5, 0.6) is 0 Å². The number of hydrogen-bond acceptors (Lipinski definition) is 1. The van der Waals surface area contributed by atoms with Gasteiger partial charge in [-0.1, -0.05) is 42.5 Å². The highest BCUT2D eigenvalue weighted by Gasteiger charge is 2.25. The van der Waals surface area contributed by atoms with Crippen LogP contribution in [0.2, 0.25) is 0 Å². The van der Waals surface area contributed by atoms with E-state index in [2.05, 4.69) is 24.3 Å². The second kappa shape index (κ2) is 9.95. The zero-order valence-corrected chi connectivity index (χ0v) is 18.6. The molecule has 1 aliphatic carbocycles. The Kier molecular flexibility index (Phi) is 6.83. The molecule has 168 valence electrons. The monoisotopic (exact) mass is 444 g/mol. The van der Waals surface area contributed by atoms with Crippen LogP contribution in [0, 0.1) is 11.6 Å². The van der Waals surface area contributed by atoms with Crippen molar-refractivity contribution in [2.24, 2.45) is 0 Å². The minimum atomic E-state index is -0.926. The minimum absolute atomic E-state index is 0.128. The molecule has 1 aliphatic rings. The zero-order valence-electron chi connectivity index (χ0n) is 18.6. The van der Waals surface area contributed by atoms with Crippen molar-refractivity contribution in [3.05, 3.63) is 112 Å². The lowest BCUT2D eigenvalue weighted by Gasteiger charge is -2.06. The fourth-order valence-electron chi connectivity index (χ4n) is 4.39. The van der Waals surface area contributed by atoms with E-state index in [9.17, 15) is 18.7 Å². The molecule has 33 heavy (non-hydrogen) atoms. The van der Waals surface area contributed by atoms with Crippen LogP contribution in [-0.2, 0) is 17.6 Å². The van der Waals surface area contributed by atoms with Crippen LogP contribution in [0.1, 0.15) is 54.0 Å². The SMILES string of the molecule is CC1=C(CC(=O)O)c2cc(F)ccc2/C1=C\c1ccc(CCCCc2ccc(F)cc2)cc1. The number of hydrogen-bond donors (Lipinski definition) is 1. The van der Waals surface area contributed by atoms with Crippen molar-refractivity contribution in [1.82, 2.24) is 0 Å². The lowest BCUT2D eigenvalue weighted by molar-refractivity contribution is -0.135. The third-order valence-corrected chi connectivity index (χ3v) is 6.17. The summed E-state index contributed by atoms with van der Waals surface area (Å²) in [4.78, 5) is 11.3. The van der Waals surface area contributed by atoms with Crippen LogP contribution >= 0.6 is 0 Å². The first kappa shape index (κ1) is 22.7. The highest BCUT2D eigenvalue weighted by Crippen LogP contribution is 2.43. The van der Waals surface area contributed by atoms with Crippen molar-refractivity contribution in [2.45, 2.75) is 39.0 Å². The quantitative estimate of drug-likeness (QED) is 0.369. The van der Waals surface area contributed by atoms with Crippen molar-refractivity contribution in [2.75, 3.05) is 0 Å². The molecular weight excluding hydrogens is 418 g/mol. The first-order valence-corrected chi connectivity index (χ1v) is 11.2. The Bertz CT molecular complexity index is 1220. The average Bonchev–Trinajstić information content (AvgIpc) is 3.04. The molecule has 0 bridgehead atoms. The Morgan fingerprint density at radius 3 is 2.00 bits per heavy atom. The molecule has 0 aliphatic heterocycles. The molecule has 0 spiro atoms. The first-order chi connectivity index (χ1) is 15.9. The van der Waals surface area contributed by atoms with Gasteiger partial charge in [0.05, 0.1) is 6.42 Å². The van der Waals surface area contributed by atoms with E-state index >= 15 is 0 Å². The van der Waals surface area contributed by atoms with Gasteiger partial charge in [-0.3, -0.25) is 4.79 Å². The molecule has 0 aromatic heterocycles. The summed E-state index contributed by atoms with van der Waals surface area (Å²) in [6, 6.07) is 19.6. The van der Waals surface area contributed by atoms with E-state index in [1.807, 2.05) is 25.1 Å². The molecule has 3 aromatic carbocycles. The number of halogens is 2. The Hall–Kier alpha value is -3.53. The van der Waals surface area contributed by atoms with Crippen molar-refractivity contribution in [3.63, 3.8) is 0 Å². The van der Waals surface area contributed by atoms with Gasteiger partial charge in [-0.2, -0.15) is 0 Å². The van der Waals surface area contributed by atoms with Gasteiger partial charge >= 0.3 is 5.97 Å². The fraction of sp³-hybridized carbons (Fsp3) is 0.207. The highest BCUT2D eigenvalue weighted by atomic mass is 19.1. The van der Waals surface area contributed by atoms with Crippen molar-refractivity contribution < 1.29 is 18.7 Å². The number of unbranched alkanes of at least 4 members (excludes halogenated alkanes) is 1. The Balaban J connectivity index is 1.44. The molecule has 3 aromatic rings. The number of rotatable bonds is 8. The molecule has 0 atom stereocenters. The summed E-state index contributed by atoms with van der Waals surface area (Å²) in [5, 5.41) is 9.30. The number of carbonyl (C=O) groups is 1. The molecule has 0 radical (unpaired) electrons. The number of carboxylic acid groups (broad SMARTS) is 1. The number of aliphatic carboxylic acids is 1. The summed E-state index contributed by atoms with van der Waals surface area (Å²) >= 11 is 0. The van der Waals surface area contributed by atoms with E-state index in [1.54, 1.807) is 6.07 Å². The van der Waals surface area contributed by atoms with Gasteiger partial charge in [0.1, 0.15) is 11.6 Å². The van der Waals surface area contributed by atoms with Gasteiger partial charge in [0.2, 0.25) is 0 Å². The van der Waals surface area contributed by atoms with Crippen molar-refractivity contribution >= 4 is 23.2 Å². The van der Waals surface area contributed by atoms with E-state index in [0.717, 1.165) is 53.5 Å². The van der Waals surface area contributed by atoms with E-state index in [4.69, 9.17) is 0 Å². The molecule has 0 saturated heterocycles. The molecule has 0 unspecified atom stereocenters. The molecule has 2 nitrogen and oxygen atoms in total. The number of benzene rings is 3. The summed E-state index contributed by atoms with van der Waals surface area (Å²) in [5.74, 6) is -1.50. The summed E-state index contributed by atoms with van der Waals surface area (Å²) < 4.78 is 26.8. The normalized spacial score (nSPS) is 14.1. The molecular formula is C29H26F2O2.